The lowest BCUT2D eigenvalue weighted by atomic mass is 10.0. The van der Waals surface area contributed by atoms with E-state index in [1.807, 2.05) is 18.3 Å². The van der Waals surface area contributed by atoms with Crippen LogP contribution in [0.3, 0.4) is 0 Å². The van der Waals surface area contributed by atoms with Crippen molar-refractivity contribution in [1.29, 1.82) is 0 Å². The smallest absolute Gasteiger partial charge is 0.233 e. The molecule has 3 heterocycles. The summed E-state index contributed by atoms with van der Waals surface area (Å²) < 4.78 is 12.9. The summed E-state index contributed by atoms with van der Waals surface area (Å²) in [7, 11) is 5.60. The second kappa shape index (κ2) is 10.6. The van der Waals surface area contributed by atoms with Gasteiger partial charge < -0.3 is 14.4 Å². The number of hydrogen-bond acceptors (Lipinski definition) is 6. The lowest BCUT2D eigenvalue weighted by Crippen LogP contribution is -2.46. The number of likely N-dealkylation sites (tertiary alicyclic amines) is 1. The molecule has 3 aromatic rings. The maximum Gasteiger partial charge on any atom is 0.233 e. The summed E-state index contributed by atoms with van der Waals surface area (Å²) >= 11 is 0. The van der Waals surface area contributed by atoms with Crippen LogP contribution in [0.15, 0.2) is 55.0 Å². The number of hydrogen-bond donors (Lipinski definition) is 0. The van der Waals surface area contributed by atoms with Crippen LogP contribution in [0.5, 0.6) is 11.5 Å². The maximum absolute atomic E-state index is 5.45. The summed E-state index contributed by atoms with van der Waals surface area (Å²) in [4.78, 5) is 13.9. The van der Waals surface area contributed by atoms with Gasteiger partial charge in [-0.1, -0.05) is 6.07 Å². The summed E-state index contributed by atoms with van der Waals surface area (Å²) in [5, 5.41) is 0. The molecule has 0 unspecified atom stereocenters. The van der Waals surface area contributed by atoms with Gasteiger partial charge in [0, 0.05) is 50.0 Å². The monoisotopic (exact) mass is 435 g/mol. The van der Waals surface area contributed by atoms with Gasteiger partial charge in [0.15, 0.2) is 11.5 Å². The van der Waals surface area contributed by atoms with E-state index >= 15 is 0 Å². The third-order valence-electron chi connectivity index (χ3n) is 6.29. The Morgan fingerprint density at radius 2 is 1.88 bits per heavy atom. The first kappa shape index (κ1) is 22.3. The Morgan fingerprint density at radius 3 is 2.66 bits per heavy atom. The van der Waals surface area contributed by atoms with Crippen LogP contribution in [0.1, 0.15) is 24.1 Å². The van der Waals surface area contributed by atoms with Crippen molar-refractivity contribution in [3.8, 4) is 17.4 Å². The Morgan fingerprint density at radius 1 is 1.06 bits per heavy atom. The van der Waals surface area contributed by atoms with Crippen molar-refractivity contribution >= 4 is 0 Å². The highest BCUT2D eigenvalue weighted by molar-refractivity contribution is 5.42. The van der Waals surface area contributed by atoms with Crippen molar-refractivity contribution in [2.45, 2.75) is 31.8 Å². The number of nitrogens with zero attached hydrogens (tertiary/aromatic N) is 5. The molecule has 7 nitrogen and oxygen atoms in total. The van der Waals surface area contributed by atoms with Gasteiger partial charge in [-0.3, -0.25) is 9.47 Å². The maximum atomic E-state index is 5.45. The van der Waals surface area contributed by atoms with Crippen molar-refractivity contribution < 1.29 is 9.47 Å². The minimum Gasteiger partial charge on any atom is -0.493 e. The second-order valence-electron chi connectivity index (χ2n) is 8.37. The molecule has 0 spiro atoms. The Hall–Kier alpha value is -2.90. The van der Waals surface area contributed by atoms with E-state index in [-0.39, 0.29) is 0 Å². The van der Waals surface area contributed by atoms with Crippen molar-refractivity contribution in [3.05, 3.63) is 66.2 Å². The van der Waals surface area contributed by atoms with Gasteiger partial charge in [0.05, 0.1) is 14.2 Å². The van der Waals surface area contributed by atoms with E-state index in [2.05, 4.69) is 55.6 Å². The van der Waals surface area contributed by atoms with Crippen LogP contribution in [-0.4, -0.2) is 71.3 Å². The van der Waals surface area contributed by atoms with Crippen LogP contribution in [0, 0.1) is 0 Å². The highest BCUT2D eigenvalue weighted by Gasteiger charge is 2.24. The van der Waals surface area contributed by atoms with Crippen LogP contribution in [0.4, 0.5) is 0 Å². The molecule has 0 aliphatic carbocycles. The highest BCUT2D eigenvalue weighted by Crippen LogP contribution is 2.28. The summed E-state index contributed by atoms with van der Waals surface area (Å²) in [6.07, 6.45) is 9.06. The molecule has 0 radical (unpaired) electrons. The molecule has 1 aromatic carbocycles. The molecule has 170 valence electrons. The third-order valence-corrected chi connectivity index (χ3v) is 6.29. The molecule has 0 saturated carbocycles. The Balaban J connectivity index is 1.34. The molecule has 1 atom stereocenters. The average Bonchev–Trinajstić information content (AvgIpc) is 3.31. The highest BCUT2D eigenvalue weighted by atomic mass is 16.5. The van der Waals surface area contributed by atoms with E-state index in [0.29, 0.717) is 6.04 Å². The van der Waals surface area contributed by atoms with E-state index in [0.717, 1.165) is 50.0 Å². The van der Waals surface area contributed by atoms with E-state index in [9.17, 15) is 0 Å². The zero-order chi connectivity index (χ0) is 22.3. The zero-order valence-corrected chi connectivity index (χ0v) is 19.3. The standard InChI is InChI=1S/C25H33N5O2/c1-28(16-11-20-9-10-23(31-2)24(17-20)32-3)21-7-4-14-29(18-21)19-22-8-5-15-30(22)25-26-12-6-13-27-25/h5-6,8-10,12-13,15,17,21H,4,7,11,14,16,18-19H2,1-3H3/t21-/m0/s1. The molecular weight excluding hydrogens is 402 g/mol. The van der Waals surface area contributed by atoms with E-state index in [4.69, 9.17) is 9.47 Å². The largest absolute Gasteiger partial charge is 0.493 e. The Labute approximate surface area is 190 Å². The molecule has 32 heavy (non-hydrogen) atoms. The molecule has 0 N–H and O–H groups in total. The van der Waals surface area contributed by atoms with Crippen molar-refractivity contribution in [1.82, 2.24) is 24.3 Å². The van der Waals surface area contributed by atoms with Gasteiger partial charge >= 0.3 is 0 Å². The molecular formula is C25H33N5O2. The number of methoxy groups -OCH3 is 2. The second-order valence-corrected chi connectivity index (χ2v) is 8.37. The van der Waals surface area contributed by atoms with E-state index < -0.39 is 0 Å². The number of aromatic nitrogens is 3. The number of piperidine rings is 1. The van der Waals surface area contributed by atoms with E-state index in [1.165, 1.54) is 24.1 Å². The van der Waals surface area contributed by atoms with E-state index in [1.54, 1.807) is 26.6 Å². The fourth-order valence-corrected chi connectivity index (χ4v) is 4.44. The van der Waals surface area contributed by atoms with Gasteiger partial charge in [-0.15, -0.1) is 0 Å². The molecule has 1 fully saturated rings. The minimum atomic E-state index is 0.556. The summed E-state index contributed by atoms with van der Waals surface area (Å²) in [5.41, 5.74) is 2.49. The first-order chi connectivity index (χ1) is 15.7. The summed E-state index contributed by atoms with van der Waals surface area (Å²) in [6.45, 7) is 4.12. The number of likely N-dealkylation sites (N-methyl/N-ethyl adjacent to an activating group) is 1. The Kier molecular flexibility index (Phi) is 7.39. The molecule has 1 saturated heterocycles. The molecule has 4 rings (SSSR count). The van der Waals surface area contributed by atoms with Crippen molar-refractivity contribution in [3.63, 3.8) is 0 Å². The average molecular weight is 436 g/mol. The molecule has 7 heteroatoms. The zero-order valence-electron chi connectivity index (χ0n) is 19.3. The van der Waals surface area contributed by atoms with Crippen LogP contribution in [0.2, 0.25) is 0 Å². The van der Waals surface area contributed by atoms with Crippen LogP contribution >= 0.6 is 0 Å². The topological polar surface area (TPSA) is 55.7 Å². The van der Waals surface area contributed by atoms with Crippen LogP contribution in [0.25, 0.3) is 5.95 Å². The predicted molar refractivity (Wildman–Crippen MR) is 126 cm³/mol. The SMILES string of the molecule is COc1ccc(CCN(C)[C@H]2CCCN(Cc3cccn3-c3ncccn3)C2)cc1OC. The molecule has 0 amide bonds. The predicted octanol–water partition coefficient (Wildman–Crippen LogP) is 3.42. The van der Waals surface area contributed by atoms with Gasteiger partial charge in [-0.25, -0.2) is 9.97 Å². The summed E-state index contributed by atoms with van der Waals surface area (Å²) in [6, 6.07) is 12.8. The third kappa shape index (κ3) is 5.29. The molecule has 0 bridgehead atoms. The molecule has 1 aliphatic heterocycles. The molecule has 2 aromatic heterocycles. The fraction of sp³-hybridized carbons (Fsp3) is 0.440. The number of rotatable bonds is 9. The minimum absolute atomic E-state index is 0.556. The van der Waals surface area contributed by atoms with Crippen molar-refractivity contribution in [2.24, 2.45) is 0 Å². The lowest BCUT2D eigenvalue weighted by molar-refractivity contribution is 0.111. The summed E-state index contributed by atoms with van der Waals surface area (Å²) in [5.74, 6) is 2.30. The molecule has 1 aliphatic rings. The number of ether oxygens (including phenoxy) is 2. The van der Waals surface area contributed by atoms with Gasteiger partial charge in [-0.05, 0) is 68.8 Å². The lowest BCUT2D eigenvalue weighted by Gasteiger charge is -2.37. The quantitative estimate of drug-likeness (QED) is 0.513. The van der Waals surface area contributed by atoms with Gasteiger partial charge in [-0.2, -0.15) is 0 Å². The normalized spacial score (nSPS) is 16.9. The van der Waals surface area contributed by atoms with Gasteiger partial charge in [0.25, 0.3) is 0 Å². The first-order valence-corrected chi connectivity index (χ1v) is 11.2. The number of benzene rings is 1. The van der Waals surface area contributed by atoms with Gasteiger partial charge in [0.2, 0.25) is 5.95 Å². The van der Waals surface area contributed by atoms with Crippen LogP contribution < -0.4 is 9.47 Å². The van der Waals surface area contributed by atoms with Crippen molar-refractivity contribution in [2.75, 3.05) is 40.9 Å². The fourth-order valence-electron chi connectivity index (χ4n) is 4.44. The first-order valence-electron chi connectivity index (χ1n) is 11.2. The Bertz CT molecular complexity index is 991. The van der Waals surface area contributed by atoms with Gasteiger partial charge in [0.1, 0.15) is 0 Å². The van der Waals surface area contributed by atoms with Crippen LogP contribution in [-0.2, 0) is 13.0 Å².